The highest BCUT2D eigenvalue weighted by Gasteiger charge is 2.19. The molecular weight excluding hydrogens is 466 g/mol. The molecule has 0 saturated heterocycles. The summed E-state index contributed by atoms with van der Waals surface area (Å²) in [6, 6.07) is 13.5. The lowest BCUT2D eigenvalue weighted by Gasteiger charge is -2.06. The standard InChI is InChI=1S/C15H9BrClIN2O/c16-12-6-5-10(18)7-11(12)14-13(15(19)21-20-14)8-1-3-9(17)4-2-8/h1-7H,19H2. The van der Waals surface area contributed by atoms with E-state index in [4.69, 9.17) is 21.9 Å². The van der Waals surface area contributed by atoms with Gasteiger partial charge < -0.3 is 10.3 Å². The number of aromatic nitrogens is 1. The second-order valence-corrected chi connectivity index (χ2v) is 6.94. The number of anilines is 1. The van der Waals surface area contributed by atoms with Crippen LogP contribution in [0.4, 0.5) is 5.88 Å². The zero-order valence-electron chi connectivity index (χ0n) is 10.6. The van der Waals surface area contributed by atoms with Gasteiger partial charge in [-0.2, -0.15) is 0 Å². The summed E-state index contributed by atoms with van der Waals surface area (Å²) in [5, 5.41) is 4.79. The van der Waals surface area contributed by atoms with Crippen molar-refractivity contribution in [3.8, 4) is 22.4 Å². The Morgan fingerprint density at radius 3 is 2.57 bits per heavy atom. The highest BCUT2D eigenvalue weighted by atomic mass is 127. The highest BCUT2D eigenvalue weighted by molar-refractivity contribution is 14.1. The minimum atomic E-state index is 0.290. The Bertz CT molecular complexity index is 802. The maximum atomic E-state index is 5.96. The summed E-state index contributed by atoms with van der Waals surface area (Å²) in [5.74, 6) is 0.290. The lowest BCUT2D eigenvalue weighted by Crippen LogP contribution is -1.89. The molecule has 1 heterocycles. The Labute approximate surface area is 148 Å². The van der Waals surface area contributed by atoms with Crippen molar-refractivity contribution < 1.29 is 4.52 Å². The monoisotopic (exact) mass is 474 g/mol. The van der Waals surface area contributed by atoms with Crippen molar-refractivity contribution in [3.63, 3.8) is 0 Å². The molecular formula is C15H9BrClIN2O. The largest absolute Gasteiger partial charge is 0.367 e. The first-order valence-corrected chi connectivity index (χ1v) is 8.28. The second-order valence-electron chi connectivity index (χ2n) is 4.40. The minimum absolute atomic E-state index is 0.290. The molecule has 0 fully saturated rings. The predicted molar refractivity (Wildman–Crippen MR) is 97.2 cm³/mol. The van der Waals surface area contributed by atoms with Gasteiger partial charge in [-0.1, -0.05) is 44.8 Å². The topological polar surface area (TPSA) is 52.0 Å². The highest BCUT2D eigenvalue weighted by Crippen LogP contribution is 2.39. The van der Waals surface area contributed by atoms with E-state index in [-0.39, 0.29) is 5.88 Å². The second kappa shape index (κ2) is 5.98. The van der Waals surface area contributed by atoms with Crippen molar-refractivity contribution in [1.29, 1.82) is 0 Å². The van der Waals surface area contributed by atoms with Crippen LogP contribution >= 0.6 is 50.1 Å². The number of halogens is 3. The Morgan fingerprint density at radius 2 is 1.86 bits per heavy atom. The lowest BCUT2D eigenvalue weighted by molar-refractivity contribution is 0.439. The number of nitrogens with zero attached hydrogens (tertiary/aromatic N) is 1. The Morgan fingerprint density at radius 1 is 1.14 bits per heavy atom. The van der Waals surface area contributed by atoms with Gasteiger partial charge in [0, 0.05) is 18.6 Å². The molecule has 3 rings (SSSR count). The van der Waals surface area contributed by atoms with Gasteiger partial charge in [-0.3, -0.25) is 0 Å². The Balaban J connectivity index is 2.21. The summed E-state index contributed by atoms with van der Waals surface area (Å²) in [4.78, 5) is 0. The summed E-state index contributed by atoms with van der Waals surface area (Å²) in [6.07, 6.45) is 0. The maximum absolute atomic E-state index is 5.96. The Hall–Kier alpha value is -1.05. The average molecular weight is 476 g/mol. The van der Waals surface area contributed by atoms with Gasteiger partial charge in [0.05, 0.1) is 5.56 Å². The molecule has 0 atom stereocenters. The number of hydrogen-bond donors (Lipinski definition) is 1. The van der Waals surface area contributed by atoms with Crippen LogP contribution in [0.1, 0.15) is 0 Å². The van der Waals surface area contributed by atoms with Crippen LogP contribution in [-0.2, 0) is 0 Å². The first kappa shape index (κ1) is 14.9. The number of rotatable bonds is 2. The van der Waals surface area contributed by atoms with E-state index in [0.29, 0.717) is 10.7 Å². The van der Waals surface area contributed by atoms with Crippen LogP contribution in [0.2, 0.25) is 5.02 Å². The Kier molecular flexibility index (Phi) is 4.24. The quantitative estimate of drug-likeness (QED) is 0.490. The van der Waals surface area contributed by atoms with Crippen molar-refractivity contribution in [1.82, 2.24) is 5.16 Å². The van der Waals surface area contributed by atoms with Gasteiger partial charge in [0.2, 0.25) is 5.88 Å². The van der Waals surface area contributed by atoms with Crippen LogP contribution in [0.5, 0.6) is 0 Å². The predicted octanol–water partition coefficient (Wildman–Crippen LogP) is 5.61. The zero-order valence-corrected chi connectivity index (χ0v) is 15.1. The van der Waals surface area contributed by atoms with Crippen molar-refractivity contribution >= 4 is 56.0 Å². The van der Waals surface area contributed by atoms with Crippen molar-refractivity contribution in [3.05, 3.63) is 55.5 Å². The summed E-state index contributed by atoms with van der Waals surface area (Å²) in [5.41, 5.74) is 9.29. The fourth-order valence-electron chi connectivity index (χ4n) is 2.06. The van der Waals surface area contributed by atoms with Crippen LogP contribution in [-0.4, -0.2) is 5.16 Å². The minimum Gasteiger partial charge on any atom is -0.367 e. The third-order valence-corrected chi connectivity index (χ3v) is 4.65. The van der Waals surface area contributed by atoms with Gasteiger partial charge >= 0.3 is 0 Å². The van der Waals surface area contributed by atoms with E-state index in [1.807, 2.05) is 42.5 Å². The molecule has 106 valence electrons. The fraction of sp³-hybridized carbons (Fsp3) is 0. The molecule has 0 saturated carbocycles. The summed E-state index contributed by atoms with van der Waals surface area (Å²) < 4.78 is 7.24. The molecule has 2 aromatic carbocycles. The molecule has 0 spiro atoms. The van der Waals surface area contributed by atoms with E-state index >= 15 is 0 Å². The van der Waals surface area contributed by atoms with Crippen LogP contribution in [0.15, 0.2) is 51.5 Å². The average Bonchev–Trinajstić information content (AvgIpc) is 2.84. The molecule has 3 aromatic rings. The van der Waals surface area contributed by atoms with Crippen molar-refractivity contribution in [2.45, 2.75) is 0 Å². The first-order chi connectivity index (χ1) is 10.1. The fourth-order valence-corrected chi connectivity index (χ4v) is 3.11. The number of nitrogen functional groups attached to an aromatic ring is 1. The SMILES string of the molecule is Nc1onc(-c2cc(I)ccc2Br)c1-c1ccc(Cl)cc1. The molecule has 0 radical (unpaired) electrons. The number of benzene rings is 2. The van der Waals surface area contributed by atoms with E-state index in [1.165, 1.54) is 0 Å². The van der Waals surface area contributed by atoms with Gasteiger partial charge in [0.1, 0.15) is 5.69 Å². The van der Waals surface area contributed by atoms with Crippen LogP contribution in [0.25, 0.3) is 22.4 Å². The third kappa shape index (κ3) is 2.95. The first-order valence-electron chi connectivity index (χ1n) is 6.03. The normalized spacial score (nSPS) is 10.8. The molecule has 3 nitrogen and oxygen atoms in total. The lowest BCUT2D eigenvalue weighted by atomic mass is 10.0. The molecule has 0 bridgehead atoms. The maximum Gasteiger partial charge on any atom is 0.230 e. The molecule has 6 heteroatoms. The molecule has 0 aliphatic heterocycles. The molecule has 21 heavy (non-hydrogen) atoms. The van der Waals surface area contributed by atoms with Gasteiger partial charge in [0.15, 0.2) is 0 Å². The van der Waals surface area contributed by atoms with Gasteiger partial charge in [-0.05, 0) is 58.5 Å². The third-order valence-electron chi connectivity index (χ3n) is 3.03. The zero-order chi connectivity index (χ0) is 15.0. The van der Waals surface area contributed by atoms with E-state index in [9.17, 15) is 0 Å². The van der Waals surface area contributed by atoms with E-state index in [2.05, 4.69) is 43.7 Å². The summed E-state index contributed by atoms with van der Waals surface area (Å²) in [7, 11) is 0. The van der Waals surface area contributed by atoms with Crippen LogP contribution in [0.3, 0.4) is 0 Å². The molecule has 0 aliphatic carbocycles. The van der Waals surface area contributed by atoms with Crippen LogP contribution in [0, 0.1) is 3.57 Å². The molecule has 0 unspecified atom stereocenters. The molecule has 1 aromatic heterocycles. The molecule has 2 N–H and O–H groups in total. The molecule has 0 amide bonds. The number of hydrogen-bond acceptors (Lipinski definition) is 3. The van der Waals surface area contributed by atoms with Gasteiger partial charge in [-0.15, -0.1) is 0 Å². The van der Waals surface area contributed by atoms with Gasteiger partial charge in [-0.25, -0.2) is 0 Å². The smallest absolute Gasteiger partial charge is 0.230 e. The summed E-state index contributed by atoms with van der Waals surface area (Å²) in [6.45, 7) is 0. The van der Waals surface area contributed by atoms with E-state index in [0.717, 1.165) is 24.7 Å². The van der Waals surface area contributed by atoms with Gasteiger partial charge in [0.25, 0.3) is 0 Å². The molecule has 0 aliphatic rings. The number of nitrogens with two attached hydrogens (primary N) is 1. The summed E-state index contributed by atoms with van der Waals surface area (Å²) >= 11 is 11.7. The van der Waals surface area contributed by atoms with E-state index in [1.54, 1.807) is 0 Å². The van der Waals surface area contributed by atoms with Crippen LogP contribution < -0.4 is 5.73 Å². The van der Waals surface area contributed by atoms with Crippen molar-refractivity contribution in [2.75, 3.05) is 5.73 Å². The van der Waals surface area contributed by atoms with Crippen molar-refractivity contribution in [2.24, 2.45) is 0 Å². The van der Waals surface area contributed by atoms with E-state index < -0.39 is 0 Å².